The first-order valence-electron chi connectivity index (χ1n) is 6.32. The largest absolute Gasteiger partial charge is 0.481 e. The van der Waals surface area contributed by atoms with E-state index in [4.69, 9.17) is 5.11 Å². The molecule has 2 N–H and O–H groups in total. The smallest absolute Gasteiger partial charge is 0.303 e. The van der Waals surface area contributed by atoms with Crippen LogP contribution in [0.3, 0.4) is 0 Å². The molecule has 0 aliphatic heterocycles. The summed E-state index contributed by atoms with van der Waals surface area (Å²) < 4.78 is 0. The van der Waals surface area contributed by atoms with Gasteiger partial charge in [-0.25, -0.2) is 0 Å². The Labute approximate surface area is 104 Å². The lowest BCUT2D eigenvalue weighted by molar-refractivity contribution is -0.138. The molecule has 0 aliphatic rings. The van der Waals surface area contributed by atoms with Crippen molar-refractivity contribution in [2.75, 3.05) is 0 Å². The number of hydrogen-bond donors (Lipinski definition) is 2. The van der Waals surface area contributed by atoms with E-state index < -0.39 is 11.5 Å². The summed E-state index contributed by atoms with van der Waals surface area (Å²) in [7, 11) is 0. The maximum atomic E-state index is 11.9. The van der Waals surface area contributed by atoms with Crippen LogP contribution >= 0.6 is 0 Å². The SMILES string of the molecule is CCCCC(C)C(=O)NC(C)(C)CCC(=O)O. The van der Waals surface area contributed by atoms with E-state index in [0.717, 1.165) is 19.3 Å². The van der Waals surface area contributed by atoms with E-state index in [-0.39, 0.29) is 18.2 Å². The summed E-state index contributed by atoms with van der Waals surface area (Å²) in [5.41, 5.74) is -0.448. The summed E-state index contributed by atoms with van der Waals surface area (Å²) in [4.78, 5) is 22.3. The Balaban J connectivity index is 4.11. The number of nitrogens with one attached hydrogen (secondary N) is 1. The zero-order chi connectivity index (χ0) is 13.5. The number of carboxylic acid groups (broad SMARTS) is 1. The highest BCUT2D eigenvalue weighted by Crippen LogP contribution is 2.14. The van der Waals surface area contributed by atoms with E-state index in [9.17, 15) is 9.59 Å². The Bertz CT molecular complexity index is 261. The third-order valence-electron chi connectivity index (χ3n) is 2.86. The minimum Gasteiger partial charge on any atom is -0.481 e. The average molecular weight is 243 g/mol. The minimum absolute atomic E-state index is 0.000877. The van der Waals surface area contributed by atoms with Crippen molar-refractivity contribution in [2.24, 2.45) is 5.92 Å². The van der Waals surface area contributed by atoms with Gasteiger partial charge in [-0.05, 0) is 26.7 Å². The molecule has 0 aromatic rings. The Hall–Kier alpha value is -1.06. The van der Waals surface area contributed by atoms with E-state index in [1.807, 2.05) is 20.8 Å². The minimum atomic E-state index is -0.827. The second-order valence-electron chi connectivity index (χ2n) is 5.31. The van der Waals surface area contributed by atoms with Gasteiger partial charge in [0.05, 0.1) is 0 Å². The van der Waals surface area contributed by atoms with Crippen LogP contribution in [-0.2, 0) is 9.59 Å². The summed E-state index contributed by atoms with van der Waals surface area (Å²) in [6.07, 6.45) is 3.55. The Kier molecular flexibility index (Phi) is 6.85. The summed E-state index contributed by atoms with van der Waals surface area (Å²) in [5.74, 6) is -0.806. The maximum absolute atomic E-state index is 11.9. The van der Waals surface area contributed by atoms with Gasteiger partial charge in [0.2, 0.25) is 5.91 Å². The van der Waals surface area contributed by atoms with Crippen molar-refractivity contribution in [3.05, 3.63) is 0 Å². The molecule has 4 heteroatoms. The maximum Gasteiger partial charge on any atom is 0.303 e. The highest BCUT2D eigenvalue weighted by atomic mass is 16.4. The molecular formula is C13H25NO3. The standard InChI is InChI=1S/C13H25NO3/c1-5-6-7-10(2)12(17)14-13(3,4)9-8-11(15)16/h10H,5-9H2,1-4H3,(H,14,17)(H,15,16). The van der Waals surface area contributed by atoms with Gasteiger partial charge in [-0.1, -0.05) is 26.7 Å². The van der Waals surface area contributed by atoms with Gasteiger partial charge in [0.1, 0.15) is 0 Å². The van der Waals surface area contributed by atoms with Gasteiger partial charge in [-0.2, -0.15) is 0 Å². The second kappa shape index (κ2) is 7.30. The summed E-state index contributed by atoms with van der Waals surface area (Å²) >= 11 is 0. The first kappa shape index (κ1) is 15.9. The number of aliphatic carboxylic acids is 1. The van der Waals surface area contributed by atoms with E-state index in [1.165, 1.54) is 0 Å². The van der Waals surface area contributed by atoms with Crippen LogP contribution in [0.5, 0.6) is 0 Å². The molecule has 0 aromatic heterocycles. The van der Waals surface area contributed by atoms with Crippen molar-refractivity contribution in [1.29, 1.82) is 0 Å². The second-order valence-corrected chi connectivity index (χ2v) is 5.31. The molecule has 0 fully saturated rings. The highest BCUT2D eigenvalue weighted by molar-refractivity contribution is 5.79. The van der Waals surface area contributed by atoms with Gasteiger partial charge in [0, 0.05) is 17.9 Å². The van der Waals surface area contributed by atoms with Crippen LogP contribution in [0, 0.1) is 5.92 Å². The van der Waals surface area contributed by atoms with Crippen LogP contribution in [0.2, 0.25) is 0 Å². The monoisotopic (exact) mass is 243 g/mol. The summed E-state index contributed by atoms with van der Waals surface area (Å²) in [6.45, 7) is 7.74. The van der Waals surface area contributed by atoms with Gasteiger partial charge in [0.15, 0.2) is 0 Å². The molecule has 0 saturated heterocycles. The number of carboxylic acids is 1. The number of hydrogen-bond acceptors (Lipinski definition) is 2. The predicted octanol–water partition coefficient (Wildman–Crippen LogP) is 2.57. The number of carbonyl (C=O) groups is 2. The molecule has 0 saturated carbocycles. The molecule has 0 spiro atoms. The molecule has 17 heavy (non-hydrogen) atoms. The third kappa shape index (κ3) is 7.77. The van der Waals surface area contributed by atoms with Crippen molar-refractivity contribution in [1.82, 2.24) is 5.32 Å². The first-order chi connectivity index (χ1) is 7.78. The molecular weight excluding hydrogens is 218 g/mol. The van der Waals surface area contributed by atoms with Crippen molar-refractivity contribution < 1.29 is 14.7 Å². The first-order valence-corrected chi connectivity index (χ1v) is 6.32. The van der Waals surface area contributed by atoms with Crippen molar-refractivity contribution in [3.63, 3.8) is 0 Å². The zero-order valence-corrected chi connectivity index (χ0v) is 11.4. The molecule has 0 heterocycles. The molecule has 0 aromatic carbocycles. The molecule has 1 atom stereocenters. The van der Waals surface area contributed by atoms with Gasteiger partial charge >= 0.3 is 5.97 Å². The normalized spacial score (nSPS) is 13.2. The fraction of sp³-hybridized carbons (Fsp3) is 0.846. The van der Waals surface area contributed by atoms with Crippen LogP contribution in [0.1, 0.15) is 59.8 Å². The molecule has 0 aliphatic carbocycles. The van der Waals surface area contributed by atoms with Crippen LogP contribution in [0.25, 0.3) is 0 Å². The third-order valence-corrected chi connectivity index (χ3v) is 2.86. The topological polar surface area (TPSA) is 66.4 Å². The molecule has 1 unspecified atom stereocenters. The average Bonchev–Trinajstić information content (AvgIpc) is 2.22. The van der Waals surface area contributed by atoms with Crippen LogP contribution in [-0.4, -0.2) is 22.5 Å². The molecule has 100 valence electrons. The van der Waals surface area contributed by atoms with Crippen LogP contribution in [0.4, 0.5) is 0 Å². The Morgan fingerprint density at radius 2 is 1.94 bits per heavy atom. The Morgan fingerprint density at radius 3 is 2.41 bits per heavy atom. The van der Waals surface area contributed by atoms with Gasteiger partial charge in [-0.3, -0.25) is 9.59 Å². The molecule has 0 bridgehead atoms. The molecule has 1 amide bonds. The number of amides is 1. The fourth-order valence-corrected chi connectivity index (χ4v) is 1.58. The highest BCUT2D eigenvalue weighted by Gasteiger charge is 2.23. The van der Waals surface area contributed by atoms with Crippen LogP contribution < -0.4 is 5.32 Å². The van der Waals surface area contributed by atoms with E-state index in [1.54, 1.807) is 0 Å². The van der Waals surface area contributed by atoms with E-state index in [2.05, 4.69) is 12.2 Å². The summed E-state index contributed by atoms with van der Waals surface area (Å²) in [5, 5.41) is 11.5. The number of rotatable bonds is 8. The van der Waals surface area contributed by atoms with Crippen molar-refractivity contribution in [3.8, 4) is 0 Å². The molecule has 0 radical (unpaired) electrons. The predicted molar refractivity (Wildman–Crippen MR) is 67.8 cm³/mol. The van der Waals surface area contributed by atoms with Gasteiger partial charge in [0.25, 0.3) is 0 Å². The lowest BCUT2D eigenvalue weighted by Crippen LogP contribution is -2.45. The Morgan fingerprint density at radius 1 is 1.35 bits per heavy atom. The van der Waals surface area contributed by atoms with Gasteiger partial charge < -0.3 is 10.4 Å². The lowest BCUT2D eigenvalue weighted by Gasteiger charge is -2.27. The zero-order valence-electron chi connectivity index (χ0n) is 11.4. The van der Waals surface area contributed by atoms with Crippen LogP contribution in [0.15, 0.2) is 0 Å². The van der Waals surface area contributed by atoms with E-state index >= 15 is 0 Å². The van der Waals surface area contributed by atoms with Gasteiger partial charge in [-0.15, -0.1) is 0 Å². The number of carbonyl (C=O) groups excluding carboxylic acids is 1. The fourth-order valence-electron chi connectivity index (χ4n) is 1.58. The lowest BCUT2D eigenvalue weighted by atomic mass is 9.96. The number of unbranched alkanes of at least 4 members (excludes halogenated alkanes) is 1. The molecule has 0 rings (SSSR count). The van der Waals surface area contributed by atoms with E-state index in [0.29, 0.717) is 6.42 Å². The van der Waals surface area contributed by atoms with Crippen molar-refractivity contribution in [2.45, 2.75) is 65.3 Å². The van der Waals surface area contributed by atoms with Crippen molar-refractivity contribution >= 4 is 11.9 Å². The molecule has 4 nitrogen and oxygen atoms in total. The quantitative estimate of drug-likeness (QED) is 0.688. The summed E-state index contributed by atoms with van der Waals surface area (Å²) in [6, 6.07) is 0.